The van der Waals surface area contributed by atoms with Gasteiger partial charge in [-0.3, -0.25) is 4.79 Å². The van der Waals surface area contributed by atoms with Crippen LogP contribution in [0.25, 0.3) is 0 Å². The van der Waals surface area contributed by atoms with Crippen LogP contribution in [0, 0.1) is 23.7 Å². The third-order valence-corrected chi connectivity index (χ3v) is 7.32. The van der Waals surface area contributed by atoms with E-state index in [2.05, 4.69) is 12.2 Å². The topological polar surface area (TPSA) is 69.6 Å². The maximum atomic E-state index is 12.9. The summed E-state index contributed by atoms with van der Waals surface area (Å²) < 4.78 is 0. The van der Waals surface area contributed by atoms with Crippen molar-refractivity contribution < 1.29 is 15.0 Å². The van der Waals surface area contributed by atoms with Gasteiger partial charge in [0, 0.05) is 5.92 Å². The molecule has 2 fully saturated rings. The van der Waals surface area contributed by atoms with Crippen molar-refractivity contribution in [2.75, 3.05) is 6.61 Å². The van der Waals surface area contributed by atoms with Crippen LogP contribution < -0.4 is 5.32 Å². The summed E-state index contributed by atoms with van der Waals surface area (Å²) in [5.41, 5.74) is 0.718. The third-order valence-electron chi connectivity index (χ3n) is 7.32. The van der Waals surface area contributed by atoms with E-state index in [1.54, 1.807) is 0 Å². The van der Waals surface area contributed by atoms with Gasteiger partial charge in [-0.2, -0.15) is 0 Å². The number of aliphatic hydroxyl groups is 2. The number of benzene rings is 1. The second kappa shape index (κ2) is 11.1. The minimum absolute atomic E-state index is 0.00442. The lowest BCUT2D eigenvalue weighted by Gasteiger charge is -2.32. The Balaban J connectivity index is 1.47. The molecule has 2 aliphatic carbocycles. The number of rotatable bonds is 8. The van der Waals surface area contributed by atoms with E-state index in [-0.39, 0.29) is 18.4 Å². The molecule has 0 heterocycles. The summed E-state index contributed by atoms with van der Waals surface area (Å²) in [7, 11) is 0. The van der Waals surface area contributed by atoms with Gasteiger partial charge in [-0.1, -0.05) is 88.6 Å². The highest BCUT2D eigenvalue weighted by Gasteiger charge is 2.31. The molecule has 4 nitrogen and oxygen atoms in total. The molecule has 0 bridgehead atoms. The van der Waals surface area contributed by atoms with Crippen molar-refractivity contribution in [1.29, 1.82) is 0 Å². The minimum atomic E-state index is -0.891. The molecule has 162 valence electrons. The van der Waals surface area contributed by atoms with E-state index in [4.69, 9.17) is 0 Å². The molecule has 0 aromatic heterocycles. The van der Waals surface area contributed by atoms with Crippen LogP contribution in [0.5, 0.6) is 0 Å². The van der Waals surface area contributed by atoms with E-state index >= 15 is 0 Å². The molecular formula is C25H39NO3. The van der Waals surface area contributed by atoms with Crippen LogP contribution in [0.15, 0.2) is 30.3 Å². The van der Waals surface area contributed by atoms with Gasteiger partial charge in [-0.25, -0.2) is 0 Å². The SMILES string of the molecule is CC1CCC(CC[C@@H]2CCC[C@H](C(=O)N[C@@H](CO)[C@@H](O)c3ccccc3)C2)CC1. The van der Waals surface area contributed by atoms with Gasteiger partial charge in [0.2, 0.25) is 5.91 Å². The Morgan fingerprint density at radius 3 is 2.41 bits per heavy atom. The molecule has 0 aliphatic heterocycles. The highest BCUT2D eigenvalue weighted by Crippen LogP contribution is 2.36. The highest BCUT2D eigenvalue weighted by molar-refractivity contribution is 5.79. The molecule has 2 aliphatic rings. The molecule has 29 heavy (non-hydrogen) atoms. The molecule has 2 saturated carbocycles. The van der Waals surface area contributed by atoms with E-state index in [0.717, 1.165) is 36.7 Å². The standard InChI is InChI=1S/C25H39NO3/c1-18-10-12-19(13-11-18)14-15-20-6-5-9-22(16-20)25(29)26-23(17-27)24(28)21-7-3-2-4-8-21/h2-4,7-8,18-20,22-24,27-28H,5-6,9-17H2,1H3,(H,26,29)/t18?,19?,20-,22-,23-,24-/m0/s1. The number of hydrogen-bond donors (Lipinski definition) is 3. The summed E-state index contributed by atoms with van der Waals surface area (Å²) in [6.07, 6.45) is 11.4. The zero-order chi connectivity index (χ0) is 20.6. The van der Waals surface area contributed by atoms with E-state index in [1.165, 1.54) is 44.9 Å². The number of carbonyl (C=O) groups is 1. The first-order chi connectivity index (χ1) is 14.1. The van der Waals surface area contributed by atoms with Crippen LogP contribution in [-0.2, 0) is 4.79 Å². The van der Waals surface area contributed by atoms with Crippen LogP contribution in [-0.4, -0.2) is 28.8 Å². The van der Waals surface area contributed by atoms with Gasteiger partial charge in [0.15, 0.2) is 0 Å². The molecule has 0 saturated heterocycles. The number of carbonyl (C=O) groups excluding carboxylic acids is 1. The second-order valence-corrected chi connectivity index (χ2v) is 9.59. The predicted molar refractivity (Wildman–Crippen MR) is 116 cm³/mol. The fourth-order valence-electron chi connectivity index (χ4n) is 5.29. The quantitative estimate of drug-likeness (QED) is 0.596. The lowest BCUT2D eigenvalue weighted by atomic mass is 9.75. The van der Waals surface area contributed by atoms with Gasteiger partial charge in [0.25, 0.3) is 0 Å². The number of amides is 1. The van der Waals surface area contributed by atoms with Crippen LogP contribution in [0.1, 0.15) is 82.8 Å². The van der Waals surface area contributed by atoms with Gasteiger partial charge in [-0.15, -0.1) is 0 Å². The Morgan fingerprint density at radius 1 is 1.03 bits per heavy atom. The van der Waals surface area contributed by atoms with Crippen LogP contribution in [0.4, 0.5) is 0 Å². The Kier molecular flexibility index (Phi) is 8.55. The van der Waals surface area contributed by atoms with Gasteiger partial charge in [0.1, 0.15) is 6.10 Å². The van der Waals surface area contributed by atoms with Gasteiger partial charge < -0.3 is 15.5 Å². The first-order valence-electron chi connectivity index (χ1n) is 11.7. The van der Waals surface area contributed by atoms with E-state index in [9.17, 15) is 15.0 Å². The highest BCUT2D eigenvalue weighted by atomic mass is 16.3. The molecule has 4 atom stereocenters. The average molecular weight is 402 g/mol. The van der Waals surface area contributed by atoms with Gasteiger partial charge >= 0.3 is 0 Å². The van der Waals surface area contributed by atoms with Gasteiger partial charge in [-0.05, 0) is 36.2 Å². The smallest absolute Gasteiger partial charge is 0.223 e. The van der Waals surface area contributed by atoms with Crippen molar-refractivity contribution in [2.24, 2.45) is 23.7 Å². The van der Waals surface area contributed by atoms with Crippen LogP contribution >= 0.6 is 0 Å². The maximum absolute atomic E-state index is 12.9. The summed E-state index contributed by atoms with van der Waals surface area (Å²) in [4.78, 5) is 12.9. The molecule has 0 spiro atoms. The molecule has 3 N–H and O–H groups in total. The molecule has 1 aromatic rings. The first-order valence-corrected chi connectivity index (χ1v) is 11.7. The van der Waals surface area contributed by atoms with E-state index in [0.29, 0.717) is 5.92 Å². The fourth-order valence-corrected chi connectivity index (χ4v) is 5.29. The summed E-state index contributed by atoms with van der Waals surface area (Å²) >= 11 is 0. The fraction of sp³-hybridized carbons (Fsp3) is 0.720. The first kappa shape index (κ1) is 22.3. The maximum Gasteiger partial charge on any atom is 0.223 e. The van der Waals surface area contributed by atoms with E-state index < -0.39 is 12.1 Å². The summed E-state index contributed by atoms with van der Waals surface area (Å²) in [6, 6.07) is 8.58. The van der Waals surface area contributed by atoms with Crippen LogP contribution in [0.3, 0.4) is 0 Å². The largest absolute Gasteiger partial charge is 0.394 e. The lowest BCUT2D eigenvalue weighted by molar-refractivity contribution is -0.128. The monoisotopic (exact) mass is 401 g/mol. The molecule has 0 unspecified atom stereocenters. The molecular weight excluding hydrogens is 362 g/mol. The van der Waals surface area contributed by atoms with Crippen molar-refractivity contribution in [2.45, 2.75) is 83.3 Å². The Bertz CT molecular complexity index is 612. The van der Waals surface area contributed by atoms with Crippen molar-refractivity contribution in [3.8, 4) is 0 Å². The summed E-state index contributed by atoms with van der Waals surface area (Å²) in [6.45, 7) is 2.10. The zero-order valence-electron chi connectivity index (χ0n) is 17.9. The lowest BCUT2D eigenvalue weighted by Crippen LogP contribution is -2.45. The second-order valence-electron chi connectivity index (χ2n) is 9.59. The molecule has 1 amide bonds. The van der Waals surface area contributed by atoms with Crippen LogP contribution in [0.2, 0.25) is 0 Å². The van der Waals surface area contributed by atoms with Crippen molar-refractivity contribution in [3.63, 3.8) is 0 Å². The molecule has 4 heteroatoms. The number of hydrogen-bond acceptors (Lipinski definition) is 3. The number of aliphatic hydroxyl groups excluding tert-OH is 2. The zero-order valence-corrected chi connectivity index (χ0v) is 17.9. The minimum Gasteiger partial charge on any atom is -0.394 e. The molecule has 0 radical (unpaired) electrons. The summed E-state index contributed by atoms with van der Waals surface area (Å²) in [5, 5.41) is 23.2. The third kappa shape index (κ3) is 6.55. The Labute approximate surface area is 176 Å². The predicted octanol–water partition coefficient (Wildman–Crippen LogP) is 4.61. The molecule has 1 aromatic carbocycles. The number of nitrogens with one attached hydrogen (secondary N) is 1. The molecule has 3 rings (SSSR count). The van der Waals surface area contributed by atoms with Gasteiger partial charge in [0.05, 0.1) is 12.6 Å². The summed E-state index contributed by atoms with van der Waals surface area (Å²) in [5.74, 6) is 2.44. The Morgan fingerprint density at radius 2 is 1.72 bits per heavy atom. The van der Waals surface area contributed by atoms with Crippen molar-refractivity contribution in [3.05, 3.63) is 35.9 Å². The van der Waals surface area contributed by atoms with Crippen molar-refractivity contribution >= 4 is 5.91 Å². The normalized spacial score (nSPS) is 29.8. The van der Waals surface area contributed by atoms with Crippen molar-refractivity contribution in [1.82, 2.24) is 5.32 Å². The Hall–Kier alpha value is -1.39. The average Bonchev–Trinajstić information content (AvgIpc) is 2.77. The van der Waals surface area contributed by atoms with E-state index in [1.807, 2.05) is 30.3 Å².